The van der Waals surface area contributed by atoms with Gasteiger partial charge in [-0.15, -0.1) is 0 Å². The highest BCUT2D eigenvalue weighted by Gasteiger charge is 2.17. The molecule has 0 aliphatic heterocycles. The predicted molar refractivity (Wildman–Crippen MR) is 64.8 cm³/mol. The maximum absolute atomic E-state index is 5.86. The van der Waals surface area contributed by atoms with Crippen molar-refractivity contribution in [3.63, 3.8) is 0 Å². The number of aromatic nitrogens is 2. The van der Waals surface area contributed by atoms with Crippen molar-refractivity contribution in [3.8, 4) is 11.7 Å². The third-order valence-corrected chi connectivity index (χ3v) is 2.50. The molecule has 0 amide bonds. The molecular weight excluding hydrogens is 234 g/mol. The van der Waals surface area contributed by atoms with Crippen LogP contribution in [0.15, 0.2) is 21.1 Å². The van der Waals surface area contributed by atoms with E-state index < -0.39 is 0 Å². The van der Waals surface area contributed by atoms with E-state index in [9.17, 15) is 0 Å². The van der Waals surface area contributed by atoms with Crippen molar-refractivity contribution in [2.45, 2.75) is 26.3 Å². The smallest absolute Gasteiger partial charge is 0.293 e. The van der Waals surface area contributed by atoms with Crippen LogP contribution in [0, 0.1) is 0 Å². The SMILES string of the molecule is CCOCC(N)c1noc(-c2ccc(CC)o2)n1. The van der Waals surface area contributed by atoms with Gasteiger partial charge in [0, 0.05) is 13.0 Å². The summed E-state index contributed by atoms with van der Waals surface area (Å²) >= 11 is 0. The highest BCUT2D eigenvalue weighted by molar-refractivity contribution is 5.44. The number of ether oxygens (including phenoxy) is 1. The molecule has 0 bridgehead atoms. The average Bonchev–Trinajstić information content (AvgIpc) is 3.03. The molecule has 0 saturated heterocycles. The molecule has 0 fully saturated rings. The van der Waals surface area contributed by atoms with Gasteiger partial charge in [-0.1, -0.05) is 12.1 Å². The van der Waals surface area contributed by atoms with Gasteiger partial charge in [-0.2, -0.15) is 4.98 Å². The lowest BCUT2D eigenvalue weighted by molar-refractivity contribution is 0.130. The van der Waals surface area contributed by atoms with Crippen LogP contribution in [0.4, 0.5) is 0 Å². The molecule has 6 heteroatoms. The van der Waals surface area contributed by atoms with E-state index in [2.05, 4.69) is 10.1 Å². The number of hydrogen-bond acceptors (Lipinski definition) is 6. The third-order valence-electron chi connectivity index (χ3n) is 2.50. The Morgan fingerprint density at radius 1 is 1.39 bits per heavy atom. The third kappa shape index (κ3) is 2.77. The number of hydrogen-bond donors (Lipinski definition) is 1. The Kier molecular flexibility index (Phi) is 4.11. The van der Waals surface area contributed by atoms with Gasteiger partial charge < -0.3 is 19.4 Å². The van der Waals surface area contributed by atoms with Crippen LogP contribution in [0.2, 0.25) is 0 Å². The van der Waals surface area contributed by atoms with Crippen molar-refractivity contribution in [1.82, 2.24) is 10.1 Å². The molecule has 1 atom stereocenters. The molecule has 1 unspecified atom stereocenters. The van der Waals surface area contributed by atoms with Gasteiger partial charge in [0.1, 0.15) is 5.76 Å². The Morgan fingerprint density at radius 2 is 2.22 bits per heavy atom. The molecule has 0 spiro atoms. The number of nitrogens with zero attached hydrogens (tertiary/aromatic N) is 2. The molecule has 2 aromatic rings. The second kappa shape index (κ2) is 5.79. The fourth-order valence-corrected chi connectivity index (χ4v) is 1.49. The first-order valence-electron chi connectivity index (χ1n) is 6.00. The van der Waals surface area contributed by atoms with E-state index >= 15 is 0 Å². The van der Waals surface area contributed by atoms with Crippen LogP contribution in [0.25, 0.3) is 11.7 Å². The van der Waals surface area contributed by atoms with Crippen molar-refractivity contribution >= 4 is 0 Å². The van der Waals surface area contributed by atoms with Crippen LogP contribution in [0.1, 0.15) is 31.5 Å². The first-order chi connectivity index (χ1) is 8.74. The van der Waals surface area contributed by atoms with E-state index in [0.29, 0.717) is 30.7 Å². The first-order valence-corrected chi connectivity index (χ1v) is 6.00. The fraction of sp³-hybridized carbons (Fsp3) is 0.500. The minimum atomic E-state index is -0.386. The minimum absolute atomic E-state index is 0.344. The first kappa shape index (κ1) is 12.8. The lowest BCUT2D eigenvalue weighted by Crippen LogP contribution is -2.18. The lowest BCUT2D eigenvalue weighted by atomic mass is 10.3. The summed E-state index contributed by atoms with van der Waals surface area (Å²) in [7, 11) is 0. The standard InChI is InChI=1S/C12H17N3O3/c1-3-8-5-6-10(17-8)12-14-11(15-18-12)9(13)7-16-4-2/h5-6,9H,3-4,7,13H2,1-2H3. The Bertz CT molecular complexity index is 492. The molecular formula is C12H17N3O3. The second-order valence-electron chi connectivity index (χ2n) is 3.84. The maximum atomic E-state index is 5.86. The molecule has 0 aliphatic carbocycles. The Balaban J connectivity index is 2.09. The molecule has 0 aliphatic rings. The molecule has 0 aromatic carbocycles. The Hall–Kier alpha value is -1.66. The summed E-state index contributed by atoms with van der Waals surface area (Å²) in [6.45, 7) is 4.90. The molecule has 18 heavy (non-hydrogen) atoms. The number of rotatable bonds is 6. The molecule has 0 radical (unpaired) electrons. The van der Waals surface area contributed by atoms with Crippen LogP contribution in [-0.2, 0) is 11.2 Å². The zero-order valence-electron chi connectivity index (χ0n) is 10.5. The van der Waals surface area contributed by atoms with Gasteiger partial charge >= 0.3 is 0 Å². The highest BCUT2D eigenvalue weighted by Crippen LogP contribution is 2.21. The molecule has 2 aromatic heterocycles. The Morgan fingerprint density at radius 3 is 2.89 bits per heavy atom. The van der Waals surface area contributed by atoms with Crippen LogP contribution < -0.4 is 5.73 Å². The van der Waals surface area contributed by atoms with E-state index in [-0.39, 0.29) is 6.04 Å². The van der Waals surface area contributed by atoms with Crippen molar-refractivity contribution in [2.24, 2.45) is 5.73 Å². The van der Waals surface area contributed by atoms with Crippen molar-refractivity contribution in [1.29, 1.82) is 0 Å². The topological polar surface area (TPSA) is 87.3 Å². The predicted octanol–water partition coefficient (Wildman–Crippen LogP) is 1.93. The number of nitrogens with two attached hydrogens (primary N) is 1. The van der Waals surface area contributed by atoms with Crippen molar-refractivity contribution in [3.05, 3.63) is 23.7 Å². The molecule has 6 nitrogen and oxygen atoms in total. The summed E-state index contributed by atoms with van der Waals surface area (Å²) in [5, 5.41) is 3.83. The van der Waals surface area contributed by atoms with E-state index in [0.717, 1.165) is 12.2 Å². The van der Waals surface area contributed by atoms with E-state index in [1.807, 2.05) is 26.0 Å². The average molecular weight is 251 g/mol. The van der Waals surface area contributed by atoms with Crippen LogP contribution >= 0.6 is 0 Å². The summed E-state index contributed by atoms with van der Waals surface area (Å²) in [6, 6.07) is 3.31. The molecule has 2 rings (SSSR count). The fourth-order valence-electron chi connectivity index (χ4n) is 1.49. The summed E-state index contributed by atoms with van der Waals surface area (Å²) in [5.41, 5.74) is 5.86. The molecule has 0 saturated carbocycles. The normalized spacial score (nSPS) is 12.8. The summed E-state index contributed by atoms with van der Waals surface area (Å²) < 4.78 is 15.9. The largest absolute Gasteiger partial charge is 0.456 e. The Labute approximate surface area is 105 Å². The maximum Gasteiger partial charge on any atom is 0.293 e. The van der Waals surface area contributed by atoms with Gasteiger partial charge in [0.15, 0.2) is 11.6 Å². The van der Waals surface area contributed by atoms with Crippen molar-refractivity contribution in [2.75, 3.05) is 13.2 Å². The van der Waals surface area contributed by atoms with Crippen LogP contribution in [0.5, 0.6) is 0 Å². The highest BCUT2D eigenvalue weighted by atomic mass is 16.5. The zero-order valence-corrected chi connectivity index (χ0v) is 10.5. The molecule has 98 valence electrons. The van der Waals surface area contributed by atoms with Crippen molar-refractivity contribution < 1.29 is 13.7 Å². The van der Waals surface area contributed by atoms with E-state index in [1.54, 1.807) is 0 Å². The van der Waals surface area contributed by atoms with Gasteiger partial charge in [0.05, 0.1) is 12.6 Å². The van der Waals surface area contributed by atoms with E-state index in [1.165, 1.54) is 0 Å². The van der Waals surface area contributed by atoms with Gasteiger partial charge in [0.2, 0.25) is 0 Å². The minimum Gasteiger partial charge on any atom is -0.456 e. The quantitative estimate of drug-likeness (QED) is 0.844. The monoisotopic (exact) mass is 251 g/mol. The van der Waals surface area contributed by atoms with Gasteiger partial charge in [0.25, 0.3) is 5.89 Å². The van der Waals surface area contributed by atoms with Gasteiger partial charge in [-0.3, -0.25) is 0 Å². The van der Waals surface area contributed by atoms with E-state index in [4.69, 9.17) is 19.4 Å². The molecule has 2 N–H and O–H groups in total. The summed E-state index contributed by atoms with van der Waals surface area (Å²) in [4.78, 5) is 4.20. The number of furan rings is 1. The van der Waals surface area contributed by atoms with Crippen LogP contribution in [-0.4, -0.2) is 23.4 Å². The second-order valence-corrected chi connectivity index (χ2v) is 3.84. The van der Waals surface area contributed by atoms with Gasteiger partial charge in [-0.25, -0.2) is 0 Å². The zero-order chi connectivity index (χ0) is 13.0. The summed E-state index contributed by atoms with van der Waals surface area (Å²) in [5.74, 6) is 2.21. The van der Waals surface area contributed by atoms with Crippen LogP contribution in [0.3, 0.4) is 0 Å². The number of aryl methyl sites for hydroxylation is 1. The summed E-state index contributed by atoms with van der Waals surface area (Å²) in [6.07, 6.45) is 0.824. The lowest BCUT2D eigenvalue weighted by Gasteiger charge is -2.05. The van der Waals surface area contributed by atoms with Gasteiger partial charge in [-0.05, 0) is 19.1 Å². The molecule has 2 heterocycles.